The van der Waals surface area contributed by atoms with E-state index in [1.165, 1.54) is 17.5 Å². The van der Waals surface area contributed by atoms with Crippen molar-refractivity contribution in [2.24, 2.45) is 5.92 Å². The van der Waals surface area contributed by atoms with Gasteiger partial charge in [0.25, 0.3) is 0 Å². The van der Waals surface area contributed by atoms with Gasteiger partial charge in [0.1, 0.15) is 0 Å². The first-order valence-corrected chi connectivity index (χ1v) is 7.18. The summed E-state index contributed by atoms with van der Waals surface area (Å²) in [6.07, 6.45) is 1.24. The van der Waals surface area contributed by atoms with Gasteiger partial charge in [-0.3, -0.25) is 4.90 Å². The highest BCUT2D eigenvalue weighted by molar-refractivity contribution is 5.30. The SMILES string of the molecule is CC(C)CNCCC(C)N1Cc2ccccc2C1. The molecule has 1 aliphatic rings. The molecule has 0 amide bonds. The van der Waals surface area contributed by atoms with Crippen molar-refractivity contribution in [1.82, 2.24) is 10.2 Å². The maximum Gasteiger partial charge on any atom is 0.0243 e. The van der Waals surface area contributed by atoms with Crippen molar-refractivity contribution in [3.05, 3.63) is 35.4 Å². The second-order valence-electron chi connectivity index (χ2n) is 5.91. The van der Waals surface area contributed by atoms with Crippen LogP contribution in [0.1, 0.15) is 38.3 Å². The number of nitrogens with one attached hydrogen (secondary N) is 1. The molecule has 2 heteroatoms. The molecule has 1 aromatic rings. The van der Waals surface area contributed by atoms with E-state index in [-0.39, 0.29) is 0 Å². The molecule has 2 nitrogen and oxygen atoms in total. The zero-order chi connectivity index (χ0) is 13.0. The van der Waals surface area contributed by atoms with E-state index in [1.54, 1.807) is 0 Å². The molecule has 0 saturated carbocycles. The van der Waals surface area contributed by atoms with Gasteiger partial charge >= 0.3 is 0 Å². The van der Waals surface area contributed by atoms with Crippen LogP contribution in [0, 0.1) is 5.92 Å². The second kappa shape index (κ2) is 6.35. The van der Waals surface area contributed by atoms with E-state index in [0.29, 0.717) is 6.04 Å². The smallest absolute Gasteiger partial charge is 0.0243 e. The lowest BCUT2D eigenvalue weighted by molar-refractivity contribution is 0.201. The van der Waals surface area contributed by atoms with E-state index in [9.17, 15) is 0 Å². The van der Waals surface area contributed by atoms with E-state index < -0.39 is 0 Å². The zero-order valence-corrected chi connectivity index (χ0v) is 11.9. The van der Waals surface area contributed by atoms with E-state index in [1.807, 2.05) is 0 Å². The summed E-state index contributed by atoms with van der Waals surface area (Å²) in [4.78, 5) is 2.59. The molecular weight excluding hydrogens is 220 g/mol. The molecule has 0 bridgehead atoms. The number of hydrogen-bond donors (Lipinski definition) is 1. The summed E-state index contributed by atoms with van der Waals surface area (Å²) in [5, 5.41) is 3.53. The molecule has 1 unspecified atom stereocenters. The van der Waals surface area contributed by atoms with Gasteiger partial charge in [0, 0.05) is 19.1 Å². The lowest BCUT2D eigenvalue weighted by Gasteiger charge is -2.24. The molecule has 1 aliphatic heterocycles. The first kappa shape index (κ1) is 13.6. The van der Waals surface area contributed by atoms with Gasteiger partial charge < -0.3 is 5.32 Å². The van der Waals surface area contributed by atoms with Crippen LogP contribution in [0.15, 0.2) is 24.3 Å². The van der Waals surface area contributed by atoms with E-state index in [2.05, 4.69) is 55.3 Å². The van der Waals surface area contributed by atoms with Gasteiger partial charge in [-0.1, -0.05) is 38.1 Å². The summed E-state index contributed by atoms with van der Waals surface area (Å²) in [5.41, 5.74) is 3.03. The van der Waals surface area contributed by atoms with Crippen molar-refractivity contribution in [3.8, 4) is 0 Å². The van der Waals surface area contributed by atoms with Crippen LogP contribution >= 0.6 is 0 Å². The first-order chi connectivity index (χ1) is 8.66. The molecule has 18 heavy (non-hydrogen) atoms. The van der Waals surface area contributed by atoms with Gasteiger partial charge in [-0.05, 0) is 43.5 Å². The minimum Gasteiger partial charge on any atom is -0.316 e. The Kier molecular flexibility index (Phi) is 4.79. The van der Waals surface area contributed by atoms with Gasteiger partial charge in [0.15, 0.2) is 0 Å². The van der Waals surface area contributed by atoms with E-state index >= 15 is 0 Å². The average Bonchev–Trinajstić information content (AvgIpc) is 2.78. The summed E-state index contributed by atoms with van der Waals surface area (Å²) >= 11 is 0. The van der Waals surface area contributed by atoms with E-state index in [4.69, 9.17) is 0 Å². The van der Waals surface area contributed by atoms with Crippen molar-refractivity contribution < 1.29 is 0 Å². The molecule has 0 fully saturated rings. The van der Waals surface area contributed by atoms with Crippen molar-refractivity contribution in [2.45, 2.75) is 46.3 Å². The normalized spacial score (nSPS) is 17.1. The van der Waals surface area contributed by atoms with Crippen molar-refractivity contribution in [3.63, 3.8) is 0 Å². The van der Waals surface area contributed by atoms with Crippen LogP contribution in [0.5, 0.6) is 0 Å². The molecule has 1 N–H and O–H groups in total. The van der Waals surface area contributed by atoms with Crippen molar-refractivity contribution >= 4 is 0 Å². The Morgan fingerprint density at radius 3 is 2.28 bits per heavy atom. The topological polar surface area (TPSA) is 15.3 Å². The molecule has 0 aliphatic carbocycles. The Bertz CT molecular complexity index is 348. The molecule has 1 heterocycles. The predicted octanol–water partition coefficient (Wildman–Crippen LogP) is 3.03. The monoisotopic (exact) mass is 246 g/mol. The van der Waals surface area contributed by atoms with Gasteiger partial charge in [-0.25, -0.2) is 0 Å². The molecule has 0 saturated heterocycles. The van der Waals surface area contributed by atoms with Gasteiger partial charge in [-0.2, -0.15) is 0 Å². The highest BCUT2D eigenvalue weighted by Gasteiger charge is 2.22. The average molecular weight is 246 g/mol. The summed E-state index contributed by atoms with van der Waals surface area (Å²) in [7, 11) is 0. The van der Waals surface area contributed by atoms with Crippen LogP contribution in [0.25, 0.3) is 0 Å². The summed E-state index contributed by atoms with van der Waals surface area (Å²) in [6, 6.07) is 9.49. The van der Waals surface area contributed by atoms with Crippen LogP contribution < -0.4 is 5.32 Å². The highest BCUT2D eigenvalue weighted by atomic mass is 15.2. The van der Waals surface area contributed by atoms with Crippen LogP contribution in [0.4, 0.5) is 0 Å². The van der Waals surface area contributed by atoms with Gasteiger partial charge in [0.2, 0.25) is 0 Å². The third-order valence-electron chi connectivity index (χ3n) is 3.78. The lowest BCUT2D eigenvalue weighted by atomic mass is 10.1. The van der Waals surface area contributed by atoms with E-state index in [0.717, 1.165) is 32.1 Å². The number of benzene rings is 1. The minimum absolute atomic E-state index is 0.664. The van der Waals surface area contributed by atoms with Crippen LogP contribution in [0.2, 0.25) is 0 Å². The van der Waals surface area contributed by atoms with Crippen LogP contribution in [-0.4, -0.2) is 24.0 Å². The molecule has 2 rings (SSSR count). The Hall–Kier alpha value is -0.860. The third-order valence-corrected chi connectivity index (χ3v) is 3.78. The number of rotatable bonds is 6. The lowest BCUT2D eigenvalue weighted by Crippen LogP contribution is -2.32. The number of fused-ring (bicyclic) bond motifs is 1. The van der Waals surface area contributed by atoms with Crippen molar-refractivity contribution in [1.29, 1.82) is 0 Å². The Morgan fingerprint density at radius 1 is 1.11 bits per heavy atom. The minimum atomic E-state index is 0.664. The van der Waals surface area contributed by atoms with Crippen LogP contribution in [-0.2, 0) is 13.1 Å². The second-order valence-corrected chi connectivity index (χ2v) is 5.91. The maximum absolute atomic E-state index is 3.53. The molecule has 1 aromatic carbocycles. The Labute approximate surface area is 111 Å². The predicted molar refractivity (Wildman–Crippen MR) is 77.5 cm³/mol. The standard InChI is InChI=1S/C16H26N2/c1-13(2)10-17-9-8-14(3)18-11-15-6-4-5-7-16(15)12-18/h4-7,13-14,17H,8-12H2,1-3H3. The molecule has 0 aromatic heterocycles. The fourth-order valence-corrected chi connectivity index (χ4v) is 2.56. The summed E-state index contributed by atoms with van der Waals surface area (Å²) in [6.45, 7) is 11.4. The Balaban J connectivity index is 1.74. The number of hydrogen-bond acceptors (Lipinski definition) is 2. The van der Waals surface area contributed by atoms with Crippen molar-refractivity contribution in [2.75, 3.05) is 13.1 Å². The molecule has 0 spiro atoms. The van der Waals surface area contributed by atoms with Gasteiger partial charge in [-0.15, -0.1) is 0 Å². The maximum atomic E-state index is 3.53. The molecule has 1 atom stereocenters. The van der Waals surface area contributed by atoms with Crippen LogP contribution in [0.3, 0.4) is 0 Å². The Morgan fingerprint density at radius 2 is 1.72 bits per heavy atom. The largest absolute Gasteiger partial charge is 0.316 e. The third kappa shape index (κ3) is 3.56. The molecule has 0 radical (unpaired) electrons. The number of nitrogens with zero attached hydrogens (tertiary/aromatic N) is 1. The quantitative estimate of drug-likeness (QED) is 0.776. The first-order valence-electron chi connectivity index (χ1n) is 7.18. The summed E-state index contributed by atoms with van der Waals surface area (Å²) in [5.74, 6) is 0.747. The fraction of sp³-hybridized carbons (Fsp3) is 0.625. The highest BCUT2D eigenvalue weighted by Crippen LogP contribution is 2.24. The fourth-order valence-electron chi connectivity index (χ4n) is 2.56. The zero-order valence-electron chi connectivity index (χ0n) is 11.9. The van der Waals surface area contributed by atoms with Gasteiger partial charge in [0.05, 0.1) is 0 Å². The summed E-state index contributed by atoms with van der Waals surface area (Å²) < 4.78 is 0. The molecular formula is C16H26N2. The molecule has 100 valence electrons.